The van der Waals surface area contributed by atoms with Crippen LogP contribution in [-0.4, -0.2) is 28.1 Å². The minimum atomic E-state index is -0.106. The highest BCUT2D eigenvalue weighted by Crippen LogP contribution is 2.17. The van der Waals surface area contributed by atoms with Crippen LogP contribution in [0.4, 0.5) is 0 Å². The van der Waals surface area contributed by atoms with Crippen LogP contribution in [0.25, 0.3) is 0 Å². The summed E-state index contributed by atoms with van der Waals surface area (Å²) in [5.74, 6) is 2.11. The standard InChI is InChI=1S/C11H13N3O3S2/c1-18-7-10-13-14-11(17-10)19-6-9(15)12-5-8-3-2-4-16-8/h2-4H,5-7H2,1H3,(H,12,15). The Morgan fingerprint density at radius 1 is 1.47 bits per heavy atom. The molecule has 0 fully saturated rings. The van der Waals surface area contributed by atoms with Crippen LogP contribution >= 0.6 is 23.5 Å². The van der Waals surface area contributed by atoms with Crippen molar-refractivity contribution in [1.29, 1.82) is 0 Å². The maximum absolute atomic E-state index is 11.6. The molecule has 2 rings (SSSR count). The lowest BCUT2D eigenvalue weighted by atomic mass is 10.4. The van der Waals surface area contributed by atoms with Crippen molar-refractivity contribution in [1.82, 2.24) is 15.5 Å². The minimum Gasteiger partial charge on any atom is -0.467 e. The van der Waals surface area contributed by atoms with Gasteiger partial charge in [-0.25, -0.2) is 0 Å². The van der Waals surface area contributed by atoms with E-state index in [1.807, 2.05) is 6.26 Å². The highest BCUT2D eigenvalue weighted by Gasteiger charge is 2.09. The van der Waals surface area contributed by atoms with Crippen LogP contribution in [0.3, 0.4) is 0 Å². The molecule has 2 aromatic rings. The smallest absolute Gasteiger partial charge is 0.277 e. The van der Waals surface area contributed by atoms with Crippen LogP contribution in [0.5, 0.6) is 0 Å². The lowest BCUT2D eigenvalue weighted by Gasteiger charge is -2.00. The molecule has 2 heterocycles. The molecule has 0 atom stereocenters. The van der Waals surface area contributed by atoms with E-state index in [1.165, 1.54) is 11.8 Å². The van der Waals surface area contributed by atoms with E-state index >= 15 is 0 Å². The number of carbonyl (C=O) groups is 1. The van der Waals surface area contributed by atoms with E-state index < -0.39 is 0 Å². The largest absolute Gasteiger partial charge is 0.467 e. The molecule has 1 amide bonds. The molecule has 102 valence electrons. The van der Waals surface area contributed by atoms with Crippen molar-refractivity contribution in [3.05, 3.63) is 30.0 Å². The van der Waals surface area contributed by atoms with Gasteiger partial charge in [-0.15, -0.1) is 10.2 Å². The summed E-state index contributed by atoms with van der Waals surface area (Å²) in [6.45, 7) is 0.383. The minimum absolute atomic E-state index is 0.106. The number of aromatic nitrogens is 2. The molecule has 0 aromatic carbocycles. The Bertz CT molecular complexity index is 513. The zero-order valence-corrected chi connectivity index (χ0v) is 11.9. The molecule has 2 aromatic heterocycles. The molecule has 0 saturated carbocycles. The van der Waals surface area contributed by atoms with Gasteiger partial charge in [0.25, 0.3) is 5.22 Å². The lowest BCUT2D eigenvalue weighted by Crippen LogP contribution is -2.24. The summed E-state index contributed by atoms with van der Waals surface area (Å²) in [7, 11) is 0. The quantitative estimate of drug-likeness (QED) is 0.782. The molecule has 0 aliphatic carbocycles. The molecule has 1 N–H and O–H groups in total. The number of nitrogens with zero attached hydrogens (tertiary/aromatic N) is 2. The van der Waals surface area contributed by atoms with Gasteiger partial charge in [-0.05, 0) is 18.4 Å². The number of amides is 1. The van der Waals surface area contributed by atoms with Gasteiger partial charge in [-0.1, -0.05) is 11.8 Å². The topological polar surface area (TPSA) is 81.2 Å². The summed E-state index contributed by atoms with van der Waals surface area (Å²) in [4.78, 5) is 11.6. The first-order chi connectivity index (χ1) is 9.28. The molecule has 19 heavy (non-hydrogen) atoms. The third-order valence-corrected chi connectivity index (χ3v) is 3.44. The Kier molecular flexibility index (Phi) is 5.34. The average Bonchev–Trinajstić information content (AvgIpc) is 3.05. The van der Waals surface area contributed by atoms with Crippen LogP contribution in [0.1, 0.15) is 11.7 Å². The summed E-state index contributed by atoms with van der Waals surface area (Å²) < 4.78 is 10.5. The normalized spacial score (nSPS) is 10.6. The molecule has 0 spiro atoms. The van der Waals surface area contributed by atoms with Crippen molar-refractivity contribution in [2.45, 2.75) is 17.5 Å². The first-order valence-electron chi connectivity index (χ1n) is 5.51. The monoisotopic (exact) mass is 299 g/mol. The number of thioether (sulfide) groups is 2. The fourth-order valence-corrected chi connectivity index (χ4v) is 2.23. The molecule has 0 saturated heterocycles. The van der Waals surface area contributed by atoms with Gasteiger partial charge in [0.2, 0.25) is 11.8 Å². The summed E-state index contributed by atoms with van der Waals surface area (Å²) in [6.07, 6.45) is 3.53. The van der Waals surface area contributed by atoms with Gasteiger partial charge in [-0.2, -0.15) is 11.8 Å². The second-order valence-corrected chi connectivity index (χ2v) is 5.33. The molecule has 0 aliphatic heterocycles. The van der Waals surface area contributed by atoms with Crippen molar-refractivity contribution in [3.63, 3.8) is 0 Å². The molecular weight excluding hydrogens is 286 g/mol. The summed E-state index contributed by atoms with van der Waals surface area (Å²) >= 11 is 2.82. The maximum Gasteiger partial charge on any atom is 0.277 e. The lowest BCUT2D eigenvalue weighted by molar-refractivity contribution is -0.118. The van der Waals surface area contributed by atoms with Crippen LogP contribution < -0.4 is 5.32 Å². The Labute approximate surface area is 118 Å². The van der Waals surface area contributed by atoms with Gasteiger partial charge in [0, 0.05) is 0 Å². The number of rotatable bonds is 7. The Balaban J connectivity index is 1.70. The summed E-state index contributed by atoms with van der Waals surface area (Å²) in [5.41, 5.74) is 0. The van der Waals surface area contributed by atoms with Crippen LogP contribution in [0, 0.1) is 0 Å². The zero-order chi connectivity index (χ0) is 13.5. The molecule has 8 heteroatoms. The van der Waals surface area contributed by atoms with Crippen molar-refractivity contribution in [2.24, 2.45) is 0 Å². The van der Waals surface area contributed by atoms with E-state index in [-0.39, 0.29) is 11.7 Å². The SMILES string of the molecule is CSCc1nnc(SCC(=O)NCc2ccco2)o1. The van der Waals surface area contributed by atoms with Gasteiger partial charge < -0.3 is 14.2 Å². The van der Waals surface area contributed by atoms with Crippen molar-refractivity contribution in [3.8, 4) is 0 Å². The van der Waals surface area contributed by atoms with E-state index in [0.717, 1.165) is 5.76 Å². The van der Waals surface area contributed by atoms with Crippen molar-refractivity contribution < 1.29 is 13.6 Å². The van der Waals surface area contributed by atoms with Gasteiger partial charge >= 0.3 is 0 Å². The third-order valence-electron chi connectivity index (χ3n) is 2.08. The van der Waals surface area contributed by atoms with E-state index in [1.54, 1.807) is 30.2 Å². The number of carbonyl (C=O) groups excluding carboxylic acids is 1. The number of hydrogen-bond acceptors (Lipinski definition) is 7. The third kappa shape index (κ3) is 4.64. The van der Waals surface area contributed by atoms with Crippen LogP contribution in [-0.2, 0) is 17.1 Å². The fraction of sp³-hybridized carbons (Fsp3) is 0.364. The van der Waals surface area contributed by atoms with E-state index in [2.05, 4.69) is 15.5 Å². The molecule has 0 unspecified atom stereocenters. The van der Waals surface area contributed by atoms with Crippen molar-refractivity contribution in [2.75, 3.05) is 12.0 Å². The molecule has 6 nitrogen and oxygen atoms in total. The van der Waals surface area contributed by atoms with Gasteiger partial charge in [0.1, 0.15) is 5.76 Å². The highest BCUT2D eigenvalue weighted by atomic mass is 32.2. The number of hydrogen-bond donors (Lipinski definition) is 1. The first-order valence-corrected chi connectivity index (χ1v) is 7.89. The fourth-order valence-electron chi connectivity index (χ4n) is 1.26. The molecule has 0 radical (unpaired) electrons. The predicted octanol–water partition coefficient (Wildman–Crippen LogP) is 1.93. The molecule has 0 aliphatic rings. The van der Waals surface area contributed by atoms with Gasteiger partial charge in [0.05, 0.1) is 24.3 Å². The van der Waals surface area contributed by atoms with Crippen LogP contribution in [0.2, 0.25) is 0 Å². The first kappa shape index (κ1) is 14.0. The summed E-state index contributed by atoms with van der Waals surface area (Å²) in [6, 6.07) is 3.59. The number of nitrogens with one attached hydrogen (secondary N) is 1. The van der Waals surface area contributed by atoms with Crippen molar-refractivity contribution >= 4 is 29.4 Å². The average molecular weight is 299 g/mol. The Morgan fingerprint density at radius 2 is 2.37 bits per heavy atom. The predicted molar refractivity (Wildman–Crippen MR) is 72.8 cm³/mol. The van der Waals surface area contributed by atoms with E-state index in [4.69, 9.17) is 8.83 Å². The van der Waals surface area contributed by atoms with E-state index in [9.17, 15) is 4.79 Å². The maximum atomic E-state index is 11.6. The molecule has 0 bridgehead atoms. The highest BCUT2D eigenvalue weighted by molar-refractivity contribution is 7.99. The van der Waals surface area contributed by atoms with E-state index in [0.29, 0.717) is 23.4 Å². The zero-order valence-electron chi connectivity index (χ0n) is 10.3. The number of furan rings is 1. The van der Waals surface area contributed by atoms with Crippen LogP contribution in [0.15, 0.2) is 32.5 Å². The van der Waals surface area contributed by atoms with Gasteiger partial charge in [0.15, 0.2) is 0 Å². The molecular formula is C11H13N3O3S2. The Hall–Kier alpha value is -1.41. The second-order valence-electron chi connectivity index (χ2n) is 3.54. The van der Waals surface area contributed by atoms with Gasteiger partial charge in [-0.3, -0.25) is 4.79 Å². The summed E-state index contributed by atoms with van der Waals surface area (Å²) in [5, 5.41) is 10.9. The second kappa shape index (κ2) is 7.25. The Morgan fingerprint density at radius 3 is 3.11 bits per heavy atom.